The number of carbonyl (C=O) groups is 1. The van der Waals surface area contributed by atoms with Crippen molar-refractivity contribution in [3.05, 3.63) is 137 Å². The number of hydrogen-bond donors (Lipinski definition) is 2. The van der Waals surface area contributed by atoms with Gasteiger partial charge in [0.1, 0.15) is 0 Å². The summed E-state index contributed by atoms with van der Waals surface area (Å²) in [6, 6.07) is 34.9. The number of imidazole rings is 1. The summed E-state index contributed by atoms with van der Waals surface area (Å²) in [6.07, 6.45) is 18.2. The first-order valence-electron chi connectivity index (χ1n) is 20.9. The molecular weight excluding hydrogens is 683 g/mol. The minimum absolute atomic E-state index is 0.0117. The maximum atomic E-state index is 12.7. The first kappa shape index (κ1) is 40.4. The zero-order valence-electron chi connectivity index (χ0n) is 32.8. The molecule has 1 amide bonds. The smallest absolute Gasteiger partial charge is 0.220 e. The molecule has 2 N–H and O–H groups in total. The van der Waals surface area contributed by atoms with Crippen LogP contribution in [-0.4, -0.2) is 26.7 Å². The van der Waals surface area contributed by atoms with E-state index >= 15 is 0 Å². The van der Waals surface area contributed by atoms with Gasteiger partial charge in [-0.2, -0.15) is 0 Å². The molecule has 1 saturated heterocycles. The number of benzene rings is 4. The van der Waals surface area contributed by atoms with Gasteiger partial charge in [-0.05, 0) is 40.8 Å². The van der Waals surface area contributed by atoms with Gasteiger partial charge in [-0.15, -0.1) is 0 Å². The number of nitrogens with one attached hydrogen (secondary N) is 1. The lowest BCUT2D eigenvalue weighted by Crippen LogP contribution is -2.39. The van der Waals surface area contributed by atoms with E-state index in [2.05, 4.69) is 88.5 Å². The van der Waals surface area contributed by atoms with Crippen molar-refractivity contribution in [3.63, 3.8) is 0 Å². The molecular formula is C48H61N3O4. The fourth-order valence-electron chi connectivity index (χ4n) is 7.90. The summed E-state index contributed by atoms with van der Waals surface area (Å²) in [7, 11) is 0. The van der Waals surface area contributed by atoms with E-state index in [1.165, 1.54) is 70.6 Å². The third-order valence-corrected chi connectivity index (χ3v) is 11.1. The van der Waals surface area contributed by atoms with Gasteiger partial charge in [0, 0.05) is 24.4 Å². The molecule has 7 heteroatoms. The first-order chi connectivity index (χ1) is 27.1. The van der Waals surface area contributed by atoms with Crippen LogP contribution in [0.2, 0.25) is 0 Å². The quantitative estimate of drug-likeness (QED) is 0.0690. The number of unbranched alkanes of at least 4 members (excludes halogenated alkanes) is 12. The van der Waals surface area contributed by atoms with Crippen LogP contribution in [0.4, 0.5) is 0 Å². The van der Waals surface area contributed by atoms with Gasteiger partial charge in [-0.3, -0.25) is 4.79 Å². The van der Waals surface area contributed by atoms with Crippen LogP contribution >= 0.6 is 0 Å². The first-order valence-corrected chi connectivity index (χ1v) is 20.9. The standard InChI is InChI=1S/C48H61N3O4/c1-2-3-4-5-6-7-8-9-10-11-12-13-17-24-45(53)49-33-37-25-31-41(32-26-37)48-54-44(34-51-36-50-42-22-18-19-23-43(42)51)46(39-20-15-14-16-21-39)47(55-48)40-29-27-38(35-52)28-30-40/h14-16,18-23,25-32,36,44,46-48,52H,2-13,17,24,33-35H2,1H3,(H,49,53). The van der Waals surface area contributed by atoms with Gasteiger partial charge in [0.25, 0.3) is 0 Å². The average Bonchev–Trinajstić information content (AvgIpc) is 3.64. The second kappa shape index (κ2) is 21.7. The summed E-state index contributed by atoms with van der Waals surface area (Å²) < 4.78 is 16.0. The number of amides is 1. The maximum Gasteiger partial charge on any atom is 0.220 e. The number of fused-ring (bicyclic) bond motifs is 1. The topological polar surface area (TPSA) is 85.6 Å². The van der Waals surface area contributed by atoms with E-state index < -0.39 is 6.29 Å². The minimum Gasteiger partial charge on any atom is -0.392 e. The molecule has 4 unspecified atom stereocenters. The van der Waals surface area contributed by atoms with Crippen LogP contribution in [0, 0.1) is 0 Å². The van der Waals surface area contributed by atoms with Crippen LogP contribution < -0.4 is 5.32 Å². The molecule has 7 nitrogen and oxygen atoms in total. The molecule has 1 aliphatic rings. The molecule has 5 aromatic rings. The predicted molar refractivity (Wildman–Crippen MR) is 221 cm³/mol. The lowest BCUT2D eigenvalue weighted by atomic mass is 9.83. The van der Waals surface area contributed by atoms with Crippen molar-refractivity contribution in [1.82, 2.24) is 14.9 Å². The molecule has 0 aliphatic carbocycles. The molecule has 6 rings (SSSR count). The molecule has 4 atom stereocenters. The Hall–Kier alpha value is -4.30. The number of carbonyl (C=O) groups excluding carboxylic acids is 1. The van der Waals surface area contributed by atoms with Crippen LogP contribution in [0.5, 0.6) is 0 Å². The third-order valence-electron chi connectivity index (χ3n) is 11.1. The molecule has 0 bridgehead atoms. The highest BCUT2D eigenvalue weighted by Gasteiger charge is 2.42. The van der Waals surface area contributed by atoms with E-state index in [4.69, 9.17) is 9.47 Å². The molecule has 2 heterocycles. The van der Waals surface area contributed by atoms with E-state index in [0.29, 0.717) is 19.5 Å². The number of ether oxygens (including phenoxy) is 2. The van der Waals surface area contributed by atoms with Crippen LogP contribution in [0.3, 0.4) is 0 Å². The highest BCUT2D eigenvalue weighted by Crippen LogP contribution is 2.47. The van der Waals surface area contributed by atoms with Crippen molar-refractivity contribution >= 4 is 16.9 Å². The van der Waals surface area contributed by atoms with Gasteiger partial charge in [0.05, 0.1) is 42.7 Å². The Morgan fingerprint density at radius 3 is 1.95 bits per heavy atom. The predicted octanol–water partition coefficient (Wildman–Crippen LogP) is 11.3. The monoisotopic (exact) mass is 743 g/mol. The van der Waals surface area contributed by atoms with Gasteiger partial charge in [0.2, 0.25) is 5.91 Å². The number of para-hydroxylation sites is 2. The summed E-state index contributed by atoms with van der Waals surface area (Å²) in [5.41, 5.74) is 7.00. The highest BCUT2D eigenvalue weighted by molar-refractivity contribution is 5.76. The van der Waals surface area contributed by atoms with Gasteiger partial charge >= 0.3 is 0 Å². The molecule has 292 valence electrons. The van der Waals surface area contributed by atoms with Crippen molar-refractivity contribution in [3.8, 4) is 0 Å². The minimum atomic E-state index is -0.610. The van der Waals surface area contributed by atoms with Crippen LogP contribution in [0.25, 0.3) is 11.0 Å². The summed E-state index contributed by atoms with van der Waals surface area (Å²) in [5.74, 6) is 0.00551. The summed E-state index contributed by atoms with van der Waals surface area (Å²) in [4.78, 5) is 17.3. The third kappa shape index (κ3) is 11.8. The molecule has 0 spiro atoms. The SMILES string of the molecule is CCCCCCCCCCCCCCCC(=O)NCc1ccc(C2OC(Cn3cnc4ccccc43)C(c3ccccc3)C(c3ccc(CO)cc3)O2)cc1. The van der Waals surface area contributed by atoms with E-state index in [-0.39, 0.29) is 30.6 Å². The van der Waals surface area contributed by atoms with E-state index in [1.807, 2.05) is 42.7 Å². The Morgan fingerprint density at radius 1 is 0.673 bits per heavy atom. The van der Waals surface area contributed by atoms with Crippen LogP contribution in [0.1, 0.15) is 143 Å². The number of aliphatic hydroxyl groups excluding tert-OH is 1. The van der Waals surface area contributed by atoms with Crippen molar-refractivity contribution in [2.45, 2.75) is 141 Å². The van der Waals surface area contributed by atoms with E-state index in [9.17, 15) is 9.90 Å². The van der Waals surface area contributed by atoms with Crippen LogP contribution in [-0.2, 0) is 34.0 Å². The Labute approximate surface area is 328 Å². The average molecular weight is 744 g/mol. The second-order valence-corrected chi connectivity index (χ2v) is 15.3. The summed E-state index contributed by atoms with van der Waals surface area (Å²) in [5, 5.41) is 12.9. The van der Waals surface area contributed by atoms with Crippen molar-refractivity contribution in [2.75, 3.05) is 0 Å². The van der Waals surface area contributed by atoms with Crippen molar-refractivity contribution < 1.29 is 19.4 Å². The molecule has 1 aromatic heterocycles. The zero-order chi connectivity index (χ0) is 38.1. The molecule has 55 heavy (non-hydrogen) atoms. The number of aromatic nitrogens is 2. The highest BCUT2D eigenvalue weighted by atomic mass is 16.7. The molecule has 1 fully saturated rings. The Bertz CT molecular complexity index is 1840. The largest absolute Gasteiger partial charge is 0.392 e. The summed E-state index contributed by atoms with van der Waals surface area (Å²) >= 11 is 0. The lowest BCUT2D eigenvalue weighted by molar-refractivity contribution is -0.263. The second-order valence-electron chi connectivity index (χ2n) is 15.3. The molecule has 1 aliphatic heterocycles. The molecule has 0 saturated carbocycles. The Morgan fingerprint density at radius 2 is 1.27 bits per heavy atom. The Kier molecular flexibility index (Phi) is 15.9. The Balaban J connectivity index is 1.05. The fraction of sp³-hybridized carbons (Fsp3) is 0.458. The van der Waals surface area contributed by atoms with Gasteiger partial charge in [-0.1, -0.05) is 175 Å². The number of hydrogen-bond acceptors (Lipinski definition) is 5. The number of rotatable bonds is 22. The number of nitrogens with zero attached hydrogens (tertiary/aromatic N) is 2. The fourth-order valence-corrected chi connectivity index (χ4v) is 7.90. The van der Waals surface area contributed by atoms with E-state index in [0.717, 1.165) is 51.7 Å². The number of aliphatic hydroxyl groups is 1. The zero-order valence-corrected chi connectivity index (χ0v) is 32.8. The van der Waals surface area contributed by atoms with Crippen molar-refractivity contribution in [2.24, 2.45) is 0 Å². The lowest BCUT2D eigenvalue weighted by Gasteiger charge is -2.43. The van der Waals surface area contributed by atoms with Crippen molar-refractivity contribution in [1.29, 1.82) is 0 Å². The van der Waals surface area contributed by atoms with Gasteiger partial charge in [-0.25, -0.2) is 4.98 Å². The molecule has 0 radical (unpaired) electrons. The molecule has 4 aromatic carbocycles. The maximum absolute atomic E-state index is 12.7. The van der Waals surface area contributed by atoms with Crippen LogP contribution in [0.15, 0.2) is 109 Å². The normalized spacial score (nSPS) is 18.4. The van der Waals surface area contributed by atoms with E-state index in [1.54, 1.807) is 0 Å². The van der Waals surface area contributed by atoms with Gasteiger partial charge < -0.3 is 24.5 Å². The van der Waals surface area contributed by atoms with Gasteiger partial charge in [0.15, 0.2) is 6.29 Å². The summed E-state index contributed by atoms with van der Waals surface area (Å²) in [6.45, 7) is 3.35.